The van der Waals surface area contributed by atoms with E-state index in [2.05, 4.69) is 9.98 Å². The third-order valence-corrected chi connectivity index (χ3v) is 5.75. The maximum atomic E-state index is 14.3. The number of guanidine groups is 1. The number of aldehydes is 1. The van der Waals surface area contributed by atoms with Crippen molar-refractivity contribution in [3.05, 3.63) is 65.9 Å². The lowest BCUT2D eigenvalue weighted by Gasteiger charge is -2.27. The van der Waals surface area contributed by atoms with Crippen LogP contribution >= 0.6 is 0 Å². The molecule has 154 valence electrons. The fourth-order valence-electron chi connectivity index (χ4n) is 4.12. The molecule has 2 aliphatic heterocycles. The van der Waals surface area contributed by atoms with Gasteiger partial charge in [-0.1, -0.05) is 18.2 Å². The first-order valence-electron chi connectivity index (χ1n) is 9.69. The van der Waals surface area contributed by atoms with Gasteiger partial charge in [-0.25, -0.2) is 9.98 Å². The van der Waals surface area contributed by atoms with Crippen LogP contribution in [0.4, 0.5) is 4.39 Å². The minimum atomic E-state index is -1.39. The molecule has 2 atom stereocenters. The summed E-state index contributed by atoms with van der Waals surface area (Å²) in [5, 5.41) is 0. The Balaban J connectivity index is 1.90. The Labute approximate surface area is 173 Å². The van der Waals surface area contributed by atoms with Crippen LogP contribution in [0.15, 0.2) is 59.4 Å². The van der Waals surface area contributed by atoms with Gasteiger partial charge < -0.3 is 15.4 Å². The van der Waals surface area contributed by atoms with Gasteiger partial charge in [0.2, 0.25) is 5.95 Å². The molecular weight excluding hydrogens is 385 g/mol. The molecule has 30 heavy (non-hydrogen) atoms. The Kier molecular flexibility index (Phi) is 4.85. The smallest absolute Gasteiger partial charge is 0.266 e. The summed E-state index contributed by atoms with van der Waals surface area (Å²) in [6, 6.07) is 9.93. The van der Waals surface area contributed by atoms with Crippen molar-refractivity contribution in [2.45, 2.75) is 24.9 Å². The lowest BCUT2D eigenvalue weighted by Crippen LogP contribution is -2.41. The van der Waals surface area contributed by atoms with E-state index in [0.717, 1.165) is 6.29 Å². The van der Waals surface area contributed by atoms with E-state index in [4.69, 9.17) is 5.73 Å². The molecule has 2 aromatic rings. The molecule has 0 radical (unpaired) electrons. The summed E-state index contributed by atoms with van der Waals surface area (Å²) in [6.07, 6.45) is 4.44. The number of hydrogen-bond donors (Lipinski definition) is 1. The molecule has 0 fully saturated rings. The fourth-order valence-corrected chi connectivity index (χ4v) is 4.12. The van der Waals surface area contributed by atoms with E-state index in [9.17, 15) is 14.0 Å². The van der Waals surface area contributed by atoms with Gasteiger partial charge in [0, 0.05) is 38.0 Å². The number of carbonyl (C=O) groups is 2. The van der Waals surface area contributed by atoms with E-state index in [-0.39, 0.29) is 17.9 Å². The second-order valence-electron chi connectivity index (χ2n) is 7.36. The Morgan fingerprint density at radius 3 is 2.73 bits per heavy atom. The number of nitrogens with two attached hydrogens (primary N) is 1. The van der Waals surface area contributed by atoms with E-state index >= 15 is 0 Å². The summed E-state index contributed by atoms with van der Waals surface area (Å²) in [7, 11) is 1.57. The van der Waals surface area contributed by atoms with Crippen LogP contribution in [0.2, 0.25) is 0 Å². The molecule has 0 aliphatic carbocycles. The molecule has 4 rings (SSSR count). The van der Waals surface area contributed by atoms with E-state index in [1.807, 2.05) is 18.0 Å². The van der Waals surface area contributed by atoms with Gasteiger partial charge in [-0.05, 0) is 41.8 Å². The summed E-state index contributed by atoms with van der Waals surface area (Å²) in [5.41, 5.74) is 6.79. The van der Waals surface area contributed by atoms with Gasteiger partial charge in [-0.3, -0.25) is 9.69 Å². The molecule has 7 nitrogen and oxygen atoms in total. The third-order valence-electron chi connectivity index (χ3n) is 5.75. The number of rotatable bonds is 5. The molecular formula is C22H22FN5O2. The van der Waals surface area contributed by atoms with Gasteiger partial charge in [0.15, 0.2) is 11.5 Å². The molecule has 2 N–H and O–H groups in total. The maximum absolute atomic E-state index is 14.3. The zero-order valence-corrected chi connectivity index (χ0v) is 16.7. The quantitative estimate of drug-likeness (QED) is 0.605. The van der Waals surface area contributed by atoms with Crippen molar-refractivity contribution in [3.63, 3.8) is 0 Å². The van der Waals surface area contributed by atoms with Crippen LogP contribution in [0.25, 0.3) is 11.1 Å². The molecule has 8 heteroatoms. The summed E-state index contributed by atoms with van der Waals surface area (Å²) in [4.78, 5) is 36.5. The highest BCUT2D eigenvalue weighted by Gasteiger charge is 2.52. The normalized spacial score (nSPS) is 23.6. The van der Waals surface area contributed by atoms with Gasteiger partial charge >= 0.3 is 0 Å². The molecule has 0 saturated carbocycles. The van der Waals surface area contributed by atoms with Crippen LogP contribution in [0.5, 0.6) is 0 Å². The molecule has 0 saturated heterocycles. The van der Waals surface area contributed by atoms with E-state index in [1.165, 1.54) is 11.1 Å². The Bertz CT molecular complexity index is 1080. The van der Waals surface area contributed by atoms with Crippen LogP contribution in [-0.2, 0) is 15.1 Å². The van der Waals surface area contributed by atoms with Crippen molar-refractivity contribution >= 4 is 18.2 Å². The second-order valence-corrected chi connectivity index (χ2v) is 7.36. The molecule has 1 aromatic carbocycles. The largest absolute Gasteiger partial charge is 0.369 e. The zero-order chi connectivity index (χ0) is 21.5. The highest BCUT2D eigenvalue weighted by molar-refractivity contribution is 6.09. The van der Waals surface area contributed by atoms with Crippen LogP contribution in [0.3, 0.4) is 0 Å². The summed E-state index contributed by atoms with van der Waals surface area (Å²) in [6.45, 7) is 2.56. The van der Waals surface area contributed by atoms with E-state index in [1.54, 1.807) is 43.4 Å². The monoisotopic (exact) mass is 407 g/mol. The van der Waals surface area contributed by atoms with Gasteiger partial charge in [-0.15, -0.1) is 0 Å². The topological polar surface area (TPSA) is 91.9 Å². The number of aliphatic imine (C=N–C) groups is 1. The Morgan fingerprint density at radius 1 is 1.33 bits per heavy atom. The molecule has 2 aliphatic rings. The minimum Gasteiger partial charge on any atom is -0.369 e. The molecule has 1 aromatic heterocycles. The SMILES string of the molecule is CCN1C=C(C2(c3cccc(-c4cccnc4F)c3)N=C(N)N(C)C2=O)CC1C=O. The van der Waals surface area contributed by atoms with Crippen LogP contribution in [0, 0.1) is 5.95 Å². The number of amides is 1. The average Bonchev–Trinajstić information content (AvgIpc) is 3.29. The number of benzene rings is 1. The van der Waals surface area contributed by atoms with Crippen molar-refractivity contribution in [2.75, 3.05) is 13.6 Å². The Hall–Kier alpha value is -3.55. The lowest BCUT2D eigenvalue weighted by atomic mass is 9.80. The number of aromatic nitrogens is 1. The molecule has 1 amide bonds. The van der Waals surface area contributed by atoms with Gasteiger partial charge in [0.05, 0.1) is 6.04 Å². The maximum Gasteiger partial charge on any atom is 0.266 e. The molecule has 3 heterocycles. The highest BCUT2D eigenvalue weighted by atomic mass is 19.1. The molecule has 0 bridgehead atoms. The lowest BCUT2D eigenvalue weighted by molar-refractivity contribution is -0.129. The van der Waals surface area contributed by atoms with Crippen LogP contribution in [0.1, 0.15) is 18.9 Å². The summed E-state index contributed by atoms with van der Waals surface area (Å²) >= 11 is 0. The number of halogens is 1. The number of carbonyl (C=O) groups excluding carboxylic acids is 2. The van der Waals surface area contributed by atoms with Crippen molar-refractivity contribution in [1.29, 1.82) is 0 Å². The minimum absolute atomic E-state index is 0.0939. The summed E-state index contributed by atoms with van der Waals surface area (Å²) in [5.74, 6) is -0.811. The third kappa shape index (κ3) is 2.87. The highest BCUT2D eigenvalue weighted by Crippen LogP contribution is 2.44. The number of likely N-dealkylation sites (N-methyl/N-ethyl adjacent to an activating group) is 2. The van der Waals surface area contributed by atoms with E-state index < -0.39 is 11.5 Å². The van der Waals surface area contributed by atoms with Crippen molar-refractivity contribution in [2.24, 2.45) is 10.7 Å². The van der Waals surface area contributed by atoms with Crippen molar-refractivity contribution in [1.82, 2.24) is 14.8 Å². The zero-order valence-electron chi connectivity index (χ0n) is 16.7. The second kappa shape index (κ2) is 7.37. The van der Waals surface area contributed by atoms with E-state index in [0.29, 0.717) is 35.2 Å². The number of pyridine rings is 1. The van der Waals surface area contributed by atoms with Gasteiger partial charge in [-0.2, -0.15) is 4.39 Å². The first-order chi connectivity index (χ1) is 14.4. The standard InChI is InChI=1S/C22H22FN5O2/c1-3-28-12-16(11-17(28)13-29)22(20(30)27(2)21(24)26-22)15-7-4-6-14(10-15)18-8-5-9-25-19(18)23/h4-10,12-13,17H,3,11H2,1-2H3,(H2,24,26). The summed E-state index contributed by atoms with van der Waals surface area (Å²) < 4.78 is 14.3. The Morgan fingerprint density at radius 2 is 2.13 bits per heavy atom. The predicted molar refractivity (Wildman–Crippen MR) is 111 cm³/mol. The van der Waals surface area contributed by atoms with Crippen molar-refractivity contribution < 1.29 is 14.0 Å². The van der Waals surface area contributed by atoms with Crippen LogP contribution in [-0.4, -0.2) is 52.6 Å². The van der Waals surface area contributed by atoms with Gasteiger partial charge in [0.1, 0.15) is 6.29 Å². The van der Waals surface area contributed by atoms with Gasteiger partial charge in [0.25, 0.3) is 5.91 Å². The van der Waals surface area contributed by atoms with Crippen molar-refractivity contribution in [3.8, 4) is 11.1 Å². The fraction of sp³-hybridized carbons (Fsp3) is 0.273. The van der Waals surface area contributed by atoms with Crippen LogP contribution < -0.4 is 5.73 Å². The first-order valence-corrected chi connectivity index (χ1v) is 9.69. The molecule has 2 unspecified atom stereocenters. The first kappa shape index (κ1) is 19.8. The molecule has 0 spiro atoms. The predicted octanol–water partition coefficient (Wildman–Crippen LogP) is 2.05. The average molecular weight is 407 g/mol. The number of nitrogens with zero attached hydrogens (tertiary/aromatic N) is 4. The number of hydrogen-bond acceptors (Lipinski definition) is 6.